The molecule has 1 fully saturated rings. The van der Waals surface area contributed by atoms with Crippen LogP contribution in [0.4, 0.5) is 5.69 Å². The summed E-state index contributed by atoms with van der Waals surface area (Å²) >= 11 is 5.93. The number of rotatable bonds is 8. The van der Waals surface area contributed by atoms with Crippen molar-refractivity contribution >= 4 is 23.0 Å². The molecule has 1 aliphatic heterocycles. The minimum Gasteiger partial charge on any atom is -0.385 e. The summed E-state index contributed by atoms with van der Waals surface area (Å²) in [5.41, 5.74) is 11.1. The normalized spacial score (nSPS) is 17.1. The predicted octanol–water partition coefficient (Wildman–Crippen LogP) is 6.89. The van der Waals surface area contributed by atoms with E-state index in [1.54, 1.807) is 0 Å². The van der Waals surface area contributed by atoms with Crippen LogP contribution >= 0.6 is 12.2 Å². The molecule has 0 unspecified atom stereocenters. The lowest BCUT2D eigenvalue weighted by molar-refractivity contribution is 0.315. The minimum atomic E-state index is -0.0139. The van der Waals surface area contributed by atoms with E-state index in [1.165, 1.54) is 39.3 Å². The van der Waals surface area contributed by atoms with Crippen LogP contribution in [0.5, 0.6) is 0 Å². The van der Waals surface area contributed by atoms with Crippen molar-refractivity contribution in [3.8, 4) is 5.69 Å². The summed E-state index contributed by atoms with van der Waals surface area (Å²) in [6.07, 6.45) is 2.84. The fourth-order valence-electron chi connectivity index (χ4n) is 5.98. The number of aryl methyl sites for hydroxylation is 4. The lowest BCUT2D eigenvalue weighted by atomic mass is 9.96. The molecule has 0 radical (unpaired) electrons. The third-order valence-electron chi connectivity index (χ3n) is 7.52. The Hall–Kier alpha value is -3.64. The number of nitrogens with one attached hydrogen (secondary N) is 2. The van der Waals surface area contributed by atoms with Crippen molar-refractivity contribution in [2.45, 2.75) is 53.1 Å². The number of nitrogens with zero attached hydrogens (tertiary/aromatic N) is 3. The summed E-state index contributed by atoms with van der Waals surface area (Å²) < 4.78 is 2.42. The third-order valence-corrected chi connectivity index (χ3v) is 7.88. The van der Waals surface area contributed by atoms with E-state index in [0.29, 0.717) is 0 Å². The van der Waals surface area contributed by atoms with Crippen LogP contribution in [0.2, 0.25) is 0 Å². The van der Waals surface area contributed by atoms with Gasteiger partial charge in [0.2, 0.25) is 0 Å². The second-order valence-corrected chi connectivity index (χ2v) is 10.8. The molecule has 38 heavy (non-hydrogen) atoms. The standard InChI is InChI=1S/C32H37N5S/c1-21-18-22(2)30(23(3)19-21)37-24(4)20-27(25(37)5)31-29(28-14-9-10-15-34-28)35-32(38)36(31)17-11-16-33-26-12-7-6-8-13-26/h6-10,12-15,18-20,29,31,33H,11,16-17H2,1-5H3,(H,35,38)/t29-,31-/m0/s1. The highest BCUT2D eigenvalue weighted by Crippen LogP contribution is 2.42. The van der Waals surface area contributed by atoms with Gasteiger partial charge in [0.05, 0.1) is 23.5 Å². The first-order valence-electron chi connectivity index (χ1n) is 13.4. The fourth-order valence-corrected chi connectivity index (χ4v) is 6.31. The van der Waals surface area contributed by atoms with Crippen LogP contribution < -0.4 is 10.6 Å². The Bertz CT molecular complexity index is 1400. The van der Waals surface area contributed by atoms with E-state index in [9.17, 15) is 0 Å². The molecule has 1 saturated heterocycles. The van der Waals surface area contributed by atoms with Crippen molar-refractivity contribution in [1.82, 2.24) is 19.8 Å². The van der Waals surface area contributed by atoms with E-state index in [0.717, 1.165) is 36.0 Å². The molecule has 0 amide bonds. The second kappa shape index (κ2) is 11.0. The molecule has 196 valence electrons. The molecule has 5 rings (SSSR count). The zero-order valence-corrected chi connectivity index (χ0v) is 23.8. The number of para-hydroxylation sites is 1. The van der Waals surface area contributed by atoms with Gasteiger partial charge in [0.25, 0.3) is 0 Å². The Morgan fingerprint density at radius 2 is 1.63 bits per heavy atom. The molecule has 2 aromatic carbocycles. The van der Waals surface area contributed by atoms with Gasteiger partial charge in [-0.3, -0.25) is 4.98 Å². The Morgan fingerprint density at radius 1 is 0.921 bits per heavy atom. The van der Waals surface area contributed by atoms with E-state index in [-0.39, 0.29) is 12.1 Å². The van der Waals surface area contributed by atoms with Crippen LogP contribution in [-0.2, 0) is 0 Å². The smallest absolute Gasteiger partial charge is 0.170 e. The van der Waals surface area contributed by atoms with E-state index in [1.807, 2.05) is 18.3 Å². The highest BCUT2D eigenvalue weighted by atomic mass is 32.1. The molecule has 0 spiro atoms. The molecule has 2 atom stereocenters. The van der Waals surface area contributed by atoms with Gasteiger partial charge >= 0.3 is 0 Å². The maximum absolute atomic E-state index is 5.93. The summed E-state index contributed by atoms with van der Waals surface area (Å²) in [6.45, 7) is 12.8. The quantitative estimate of drug-likeness (QED) is 0.195. The van der Waals surface area contributed by atoms with Gasteiger partial charge in [-0.1, -0.05) is 42.0 Å². The summed E-state index contributed by atoms with van der Waals surface area (Å²) in [4.78, 5) is 7.09. The van der Waals surface area contributed by atoms with Gasteiger partial charge in [-0.15, -0.1) is 0 Å². The number of thiocarbonyl (C=S) groups is 1. The molecule has 0 saturated carbocycles. The lowest BCUT2D eigenvalue weighted by Crippen LogP contribution is -2.31. The first-order valence-corrected chi connectivity index (χ1v) is 13.8. The molecule has 4 aromatic rings. The van der Waals surface area contributed by atoms with Gasteiger partial charge in [-0.25, -0.2) is 0 Å². The molecule has 1 aliphatic rings. The monoisotopic (exact) mass is 523 g/mol. The molecule has 3 heterocycles. The van der Waals surface area contributed by atoms with Crippen molar-refractivity contribution in [3.63, 3.8) is 0 Å². The average molecular weight is 524 g/mol. The summed E-state index contributed by atoms with van der Waals surface area (Å²) in [5, 5.41) is 7.95. The highest BCUT2D eigenvalue weighted by molar-refractivity contribution is 7.80. The van der Waals surface area contributed by atoms with E-state index < -0.39 is 0 Å². The summed E-state index contributed by atoms with van der Waals surface area (Å²) in [7, 11) is 0. The molecule has 0 aliphatic carbocycles. The fraction of sp³-hybridized carbons (Fsp3) is 0.312. The number of anilines is 1. The first kappa shape index (κ1) is 26.0. The van der Waals surface area contributed by atoms with Crippen molar-refractivity contribution in [2.75, 3.05) is 18.4 Å². The topological polar surface area (TPSA) is 45.1 Å². The molecule has 6 heteroatoms. The second-order valence-electron chi connectivity index (χ2n) is 10.4. The Labute approximate surface area is 231 Å². The molecule has 0 bridgehead atoms. The number of pyridine rings is 1. The van der Waals surface area contributed by atoms with Crippen molar-refractivity contribution in [1.29, 1.82) is 0 Å². The van der Waals surface area contributed by atoms with Crippen molar-refractivity contribution < 1.29 is 0 Å². The SMILES string of the molecule is Cc1cc(C)c(-n2c(C)cc([C@H]3[C@H](c4ccccn4)NC(=S)N3CCCNc3ccccc3)c2C)c(C)c1. The van der Waals surface area contributed by atoms with Crippen LogP contribution in [0.25, 0.3) is 5.69 Å². The Morgan fingerprint density at radius 3 is 2.32 bits per heavy atom. The Kier molecular flexibility index (Phi) is 7.52. The van der Waals surface area contributed by atoms with Crippen molar-refractivity contribution in [3.05, 3.63) is 112 Å². The number of benzene rings is 2. The van der Waals surface area contributed by atoms with E-state index >= 15 is 0 Å². The van der Waals surface area contributed by atoms with E-state index in [2.05, 4.69) is 109 Å². The van der Waals surface area contributed by atoms with Gasteiger partial charge < -0.3 is 20.1 Å². The average Bonchev–Trinajstić information content (AvgIpc) is 3.37. The van der Waals surface area contributed by atoms with Gasteiger partial charge in [0.15, 0.2) is 5.11 Å². The third kappa shape index (κ3) is 5.05. The summed E-state index contributed by atoms with van der Waals surface area (Å²) in [5.74, 6) is 0. The Balaban J connectivity index is 1.49. The van der Waals surface area contributed by atoms with Gasteiger partial charge in [0, 0.05) is 36.4 Å². The molecule has 5 nitrogen and oxygen atoms in total. The van der Waals surface area contributed by atoms with Gasteiger partial charge in [-0.2, -0.15) is 0 Å². The molecule has 2 aromatic heterocycles. The van der Waals surface area contributed by atoms with Crippen LogP contribution in [0.1, 0.15) is 57.8 Å². The lowest BCUT2D eigenvalue weighted by Gasteiger charge is -2.28. The van der Waals surface area contributed by atoms with Crippen LogP contribution in [0.3, 0.4) is 0 Å². The predicted molar refractivity (Wildman–Crippen MR) is 161 cm³/mol. The molecular weight excluding hydrogens is 486 g/mol. The number of hydrogen-bond donors (Lipinski definition) is 2. The number of hydrogen-bond acceptors (Lipinski definition) is 3. The van der Waals surface area contributed by atoms with Gasteiger partial charge in [0.1, 0.15) is 0 Å². The van der Waals surface area contributed by atoms with Crippen molar-refractivity contribution in [2.24, 2.45) is 0 Å². The minimum absolute atomic E-state index is 0.0139. The maximum Gasteiger partial charge on any atom is 0.170 e. The van der Waals surface area contributed by atoms with Crippen LogP contribution in [-0.4, -0.2) is 32.7 Å². The molecule has 2 N–H and O–H groups in total. The summed E-state index contributed by atoms with van der Waals surface area (Å²) in [6, 6.07) is 23.4. The zero-order chi connectivity index (χ0) is 26.8. The molecular formula is C32H37N5S. The maximum atomic E-state index is 5.93. The zero-order valence-electron chi connectivity index (χ0n) is 23.0. The largest absolute Gasteiger partial charge is 0.385 e. The van der Waals surface area contributed by atoms with Gasteiger partial charge in [-0.05, 0) is 100 Å². The first-order chi connectivity index (χ1) is 18.3. The van der Waals surface area contributed by atoms with Crippen LogP contribution in [0.15, 0.2) is 72.9 Å². The highest BCUT2D eigenvalue weighted by Gasteiger charge is 2.41. The van der Waals surface area contributed by atoms with E-state index in [4.69, 9.17) is 17.2 Å². The van der Waals surface area contributed by atoms with Crippen LogP contribution in [0, 0.1) is 34.6 Å². The number of aromatic nitrogens is 2.